The van der Waals surface area contributed by atoms with Crippen LogP contribution < -0.4 is 0 Å². The molecule has 12 heavy (non-hydrogen) atoms. The van der Waals surface area contributed by atoms with Crippen LogP contribution in [0.4, 0.5) is 8.78 Å². The van der Waals surface area contributed by atoms with Crippen molar-refractivity contribution in [3.63, 3.8) is 0 Å². The van der Waals surface area contributed by atoms with E-state index in [1.165, 1.54) is 7.11 Å². The Morgan fingerprint density at radius 2 is 2.17 bits per heavy atom. The Bertz CT molecular complexity index is 170. The highest BCUT2D eigenvalue weighted by Crippen LogP contribution is 2.36. The van der Waals surface area contributed by atoms with E-state index in [1.807, 2.05) is 0 Å². The van der Waals surface area contributed by atoms with E-state index in [4.69, 9.17) is 0 Å². The van der Waals surface area contributed by atoms with Crippen LogP contribution in [0.1, 0.15) is 19.3 Å². The van der Waals surface area contributed by atoms with Crippen molar-refractivity contribution in [1.82, 2.24) is 0 Å². The SMILES string of the molecule is COC(=O)C1CCCC1C(F)F. The fourth-order valence-electron chi connectivity index (χ4n) is 1.73. The van der Waals surface area contributed by atoms with Crippen LogP contribution in [0.5, 0.6) is 0 Å². The minimum absolute atomic E-state index is 0.442. The zero-order chi connectivity index (χ0) is 9.14. The molecular weight excluding hydrogens is 166 g/mol. The van der Waals surface area contributed by atoms with E-state index in [1.54, 1.807) is 0 Å². The zero-order valence-corrected chi connectivity index (χ0v) is 6.93. The quantitative estimate of drug-likeness (QED) is 0.603. The molecule has 0 bridgehead atoms. The van der Waals surface area contributed by atoms with E-state index >= 15 is 0 Å². The van der Waals surface area contributed by atoms with Crippen LogP contribution in [-0.2, 0) is 9.53 Å². The van der Waals surface area contributed by atoms with Gasteiger partial charge in [-0.25, -0.2) is 8.78 Å². The van der Waals surface area contributed by atoms with Gasteiger partial charge < -0.3 is 4.74 Å². The molecule has 1 rings (SSSR count). The summed E-state index contributed by atoms with van der Waals surface area (Å²) < 4.78 is 29.0. The van der Waals surface area contributed by atoms with Gasteiger partial charge in [0.05, 0.1) is 13.0 Å². The second-order valence-corrected chi connectivity index (χ2v) is 3.06. The molecule has 0 spiro atoms. The molecule has 0 radical (unpaired) electrons. The smallest absolute Gasteiger partial charge is 0.309 e. The van der Waals surface area contributed by atoms with Gasteiger partial charge in [0.25, 0.3) is 0 Å². The van der Waals surface area contributed by atoms with Crippen LogP contribution in [0.3, 0.4) is 0 Å². The summed E-state index contributed by atoms with van der Waals surface area (Å²) in [6.45, 7) is 0. The van der Waals surface area contributed by atoms with Gasteiger partial charge in [0.2, 0.25) is 6.43 Å². The number of hydrogen-bond acceptors (Lipinski definition) is 2. The third-order valence-electron chi connectivity index (χ3n) is 2.40. The van der Waals surface area contributed by atoms with Gasteiger partial charge in [-0.3, -0.25) is 4.79 Å². The lowest BCUT2D eigenvalue weighted by Crippen LogP contribution is -2.25. The first-order valence-electron chi connectivity index (χ1n) is 4.02. The number of rotatable bonds is 2. The summed E-state index contributed by atoms with van der Waals surface area (Å²) >= 11 is 0. The van der Waals surface area contributed by atoms with Gasteiger partial charge in [0, 0.05) is 5.92 Å². The summed E-state index contributed by atoms with van der Waals surface area (Å²) in [7, 11) is 1.24. The van der Waals surface area contributed by atoms with E-state index in [9.17, 15) is 13.6 Å². The molecule has 0 aromatic heterocycles. The Balaban J connectivity index is 2.57. The van der Waals surface area contributed by atoms with Crippen molar-refractivity contribution in [2.24, 2.45) is 11.8 Å². The van der Waals surface area contributed by atoms with E-state index in [0.717, 1.165) is 0 Å². The molecule has 0 N–H and O–H groups in total. The summed E-state index contributed by atoms with van der Waals surface area (Å²) in [6.07, 6.45) is -0.704. The molecule has 1 aliphatic rings. The molecule has 2 atom stereocenters. The minimum Gasteiger partial charge on any atom is -0.469 e. The molecule has 1 fully saturated rings. The fraction of sp³-hybridized carbons (Fsp3) is 0.875. The predicted octanol–water partition coefficient (Wildman–Crippen LogP) is 1.84. The predicted molar refractivity (Wildman–Crippen MR) is 38.9 cm³/mol. The minimum atomic E-state index is -2.39. The van der Waals surface area contributed by atoms with Crippen molar-refractivity contribution in [2.75, 3.05) is 7.11 Å². The molecule has 1 saturated carbocycles. The van der Waals surface area contributed by atoms with E-state index in [-0.39, 0.29) is 0 Å². The summed E-state index contributed by atoms with van der Waals surface area (Å²) in [6, 6.07) is 0. The molecule has 4 heteroatoms. The lowest BCUT2D eigenvalue weighted by molar-refractivity contribution is -0.148. The number of carbonyl (C=O) groups excluding carboxylic acids is 1. The number of carbonyl (C=O) groups is 1. The summed E-state index contributed by atoms with van der Waals surface area (Å²) in [5.41, 5.74) is 0. The normalized spacial score (nSPS) is 29.3. The molecule has 0 saturated heterocycles. The molecule has 0 aliphatic heterocycles. The Labute approximate surface area is 69.9 Å². The largest absolute Gasteiger partial charge is 0.469 e. The Hall–Kier alpha value is -0.670. The lowest BCUT2D eigenvalue weighted by atomic mass is 9.97. The van der Waals surface area contributed by atoms with Crippen LogP contribution in [0.15, 0.2) is 0 Å². The van der Waals surface area contributed by atoms with E-state index in [2.05, 4.69) is 4.74 Å². The van der Waals surface area contributed by atoms with Crippen LogP contribution in [0.2, 0.25) is 0 Å². The monoisotopic (exact) mass is 178 g/mol. The molecule has 0 aromatic carbocycles. The molecule has 70 valence electrons. The Morgan fingerprint density at radius 3 is 2.67 bits per heavy atom. The summed E-state index contributed by atoms with van der Waals surface area (Å²) in [5, 5.41) is 0. The number of ether oxygens (including phenoxy) is 1. The fourth-order valence-corrected chi connectivity index (χ4v) is 1.73. The number of methoxy groups -OCH3 is 1. The second kappa shape index (κ2) is 3.83. The summed E-state index contributed by atoms with van der Waals surface area (Å²) in [5.74, 6) is -1.84. The van der Waals surface area contributed by atoms with Gasteiger partial charge in [0.15, 0.2) is 0 Å². The highest BCUT2D eigenvalue weighted by atomic mass is 19.3. The first kappa shape index (κ1) is 9.42. The zero-order valence-electron chi connectivity index (χ0n) is 6.93. The molecule has 0 heterocycles. The van der Waals surface area contributed by atoms with E-state index in [0.29, 0.717) is 19.3 Å². The lowest BCUT2D eigenvalue weighted by Gasteiger charge is -2.15. The van der Waals surface area contributed by atoms with Gasteiger partial charge in [-0.2, -0.15) is 0 Å². The molecule has 0 aromatic rings. The number of halogens is 2. The Kier molecular flexibility index (Phi) is 3.00. The highest BCUT2D eigenvalue weighted by molar-refractivity contribution is 5.73. The number of hydrogen-bond donors (Lipinski definition) is 0. The van der Waals surface area contributed by atoms with Crippen molar-refractivity contribution < 1.29 is 18.3 Å². The maximum atomic E-state index is 12.3. The van der Waals surface area contributed by atoms with Crippen molar-refractivity contribution in [3.8, 4) is 0 Å². The van der Waals surface area contributed by atoms with Gasteiger partial charge in [0.1, 0.15) is 0 Å². The van der Waals surface area contributed by atoms with Crippen LogP contribution in [0.25, 0.3) is 0 Å². The molecule has 0 amide bonds. The highest BCUT2D eigenvalue weighted by Gasteiger charge is 2.39. The second-order valence-electron chi connectivity index (χ2n) is 3.06. The maximum Gasteiger partial charge on any atom is 0.309 e. The molecule has 1 aliphatic carbocycles. The Morgan fingerprint density at radius 1 is 1.50 bits per heavy atom. The standard InChI is InChI=1S/C8H12F2O2/c1-12-8(11)6-4-2-3-5(6)7(9)10/h5-7H,2-4H2,1H3. The average molecular weight is 178 g/mol. The van der Waals surface area contributed by atoms with Crippen LogP contribution >= 0.6 is 0 Å². The molecule has 2 unspecified atom stereocenters. The first-order valence-corrected chi connectivity index (χ1v) is 4.02. The van der Waals surface area contributed by atoms with Crippen LogP contribution in [0, 0.1) is 11.8 Å². The number of esters is 1. The van der Waals surface area contributed by atoms with Crippen molar-refractivity contribution in [1.29, 1.82) is 0 Å². The number of alkyl halides is 2. The maximum absolute atomic E-state index is 12.3. The van der Waals surface area contributed by atoms with Crippen molar-refractivity contribution >= 4 is 5.97 Å². The third kappa shape index (κ3) is 1.73. The van der Waals surface area contributed by atoms with E-state index < -0.39 is 24.2 Å². The van der Waals surface area contributed by atoms with Gasteiger partial charge in [-0.05, 0) is 12.8 Å². The average Bonchev–Trinajstić information content (AvgIpc) is 2.50. The summed E-state index contributed by atoms with van der Waals surface area (Å²) in [4.78, 5) is 11.0. The third-order valence-corrected chi connectivity index (χ3v) is 2.40. The van der Waals surface area contributed by atoms with Gasteiger partial charge in [-0.15, -0.1) is 0 Å². The van der Waals surface area contributed by atoms with Crippen molar-refractivity contribution in [2.45, 2.75) is 25.7 Å². The topological polar surface area (TPSA) is 26.3 Å². The van der Waals surface area contributed by atoms with Crippen molar-refractivity contribution in [3.05, 3.63) is 0 Å². The first-order chi connectivity index (χ1) is 5.66. The van der Waals surface area contributed by atoms with Gasteiger partial charge >= 0.3 is 5.97 Å². The molecular formula is C8H12F2O2. The molecule has 2 nitrogen and oxygen atoms in total. The van der Waals surface area contributed by atoms with Crippen LogP contribution in [-0.4, -0.2) is 19.5 Å². The van der Waals surface area contributed by atoms with Gasteiger partial charge in [-0.1, -0.05) is 6.42 Å².